The van der Waals surface area contributed by atoms with Crippen molar-refractivity contribution in [2.45, 2.75) is 62.8 Å². The highest BCUT2D eigenvalue weighted by atomic mass is 16.6. The van der Waals surface area contributed by atoms with E-state index in [0.717, 1.165) is 25.7 Å². The highest BCUT2D eigenvalue weighted by molar-refractivity contribution is 5.06. The number of fused-ring (bicyclic) bond motifs is 1. The Bertz CT molecular complexity index is 316. The molecule has 6 unspecified atom stereocenters. The number of aliphatic hydroxyl groups is 1. The molecule has 0 bridgehead atoms. The quantitative estimate of drug-likeness (QED) is 0.429. The molecule has 1 saturated carbocycles. The van der Waals surface area contributed by atoms with Gasteiger partial charge < -0.3 is 19.7 Å². The summed E-state index contributed by atoms with van der Waals surface area (Å²) in [7, 11) is 1.79. The lowest BCUT2D eigenvalue weighted by Crippen LogP contribution is -2.69. The van der Waals surface area contributed by atoms with Crippen LogP contribution in [0.1, 0.15) is 39.0 Å². The normalized spacial score (nSPS) is 58.6. The molecule has 0 aromatic rings. The van der Waals surface area contributed by atoms with Gasteiger partial charge in [-0.2, -0.15) is 0 Å². The van der Waals surface area contributed by atoms with Gasteiger partial charge in [0.15, 0.2) is 0 Å². The molecular weight excluding hydrogens is 218 g/mol. The van der Waals surface area contributed by atoms with Crippen molar-refractivity contribution in [3.63, 3.8) is 0 Å². The van der Waals surface area contributed by atoms with Gasteiger partial charge in [-0.25, -0.2) is 0 Å². The molecule has 0 spiro atoms. The third kappa shape index (κ3) is 1.65. The smallest absolute Gasteiger partial charge is 0.110 e. The highest BCUT2D eigenvalue weighted by Crippen LogP contribution is 2.50. The lowest BCUT2D eigenvalue weighted by atomic mass is 9.66. The minimum absolute atomic E-state index is 0.00384. The summed E-state index contributed by atoms with van der Waals surface area (Å²) >= 11 is 0. The average molecular weight is 241 g/mol. The predicted molar refractivity (Wildman–Crippen MR) is 64.1 cm³/mol. The van der Waals surface area contributed by atoms with Crippen molar-refractivity contribution in [2.75, 3.05) is 13.7 Å². The van der Waals surface area contributed by atoms with Gasteiger partial charge in [0, 0.05) is 18.8 Å². The van der Waals surface area contributed by atoms with Crippen LogP contribution in [0.15, 0.2) is 0 Å². The van der Waals surface area contributed by atoms with E-state index >= 15 is 0 Å². The molecule has 98 valence electrons. The zero-order valence-electron chi connectivity index (χ0n) is 10.8. The summed E-state index contributed by atoms with van der Waals surface area (Å²) in [5.41, 5.74) is -0.729. The van der Waals surface area contributed by atoms with Gasteiger partial charge in [-0.05, 0) is 19.8 Å². The lowest BCUT2D eigenvalue weighted by molar-refractivity contribution is -0.923. The Morgan fingerprint density at radius 2 is 2.00 bits per heavy atom. The first-order valence-electron chi connectivity index (χ1n) is 6.87. The zero-order valence-corrected chi connectivity index (χ0v) is 10.8. The average Bonchev–Trinajstić information content (AvgIpc) is 3.11. The summed E-state index contributed by atoms with van der Waals surface area (Å²) in [5.74, 6) is 0.141. The fraction of sp³-hybridized carbons (Fsp3) is 1.00. The molecule has 2 aliphatic heterocycles. The number of nitrogens with zero attached hydrogens (tertiary/aromatic N) is 1. The van der Waals surface area contributed by atoms with Crippen LogP contribution >= 0.6 is 0 Å². The van der Waals surface area contributed by atoms with Crippen LogP contribution in [0.4, 0.5) is 0 Å². The number of hydrogen-bond donors (Lipinski definition) is 1. The number of likely N-dealkylation sites (tertiary alicyclic amines) is 1. The maximum absolute atomic E-state index is 12.7. The minimum atomic E-state index is -0.729. The van der Waals surface area contributed by atoms with Gasteiger partial charge in [0.1, 0.15) is 11.7 Å². The summed E-state index contributed by atoms with van der Waals surface area (Å²) in [5, 5.41) is 23.7. The number of quaternary nitrogens is 1. The third-order valence-corrected chi connectivity index (χ3v) is 5.42. The molecule has 4 heteroatoms. The van der Waals surface area contributed by atoms with E-state index in [9.17, 15) is 10.3 Å². The van der Waals surface area contributed by atoms with Crippen LogP contribution < -0.4 is 0 Å². The summed E-state index contributed by atoms with van der Waals surface area (Å²) in [6.07, 6.45) is 4.82. The van der Waals surface area contributed by atoms with Gasteiger partial charge in [0.05, 0.1) is 25.7 Å². The van der Waals surface area contributed by atoms with Crippen molar-refractivity contribution >= 4 is 0 Å². The van der Waals surface area contributed by atoms with Gasteiger partial charge in [-0.3, -0.25) is 0 Å². The Morgan fingerprint density at radius 3 is 2.65 bits per heavy atom. The van der Waals surface area contributed by atoms with Crippen LogP contribution in [0.2, 0.25) is 0 Å². The summed E-state index contributed by atoms with van der Waals surface area (Å²) in [6.45, 7) is 2.65. The molecule has 2 saturated heterocycles. The molecule has 2 heterocycles. The number of piperidine rings is 1. The monoisotopic (exact) mass is 241 g/mol. The van der Waals surface area contributed by atoms with Gasteiger partial charge in [-0.15, -0.1) is 0 Å². The van der Waals surface area contributed by atoms with Gasteiger partial charge in [0.2, 0.25) is 0 Å². The lowest BCUT2D eigenvalue weighted by Gasteiger charge is -2.61. The van der Waals surface area contributed by atoms with Gasteiger partial charge in [0.25, 0.3) is 0 Å². The molecule has 1 N–H and O–H groups in total. The van der Waals surface area contributed by atoms with Crippen LogP contribution in [-0.4, -0.2) is 47.2 Å². The molecular formula is C13H23NO3. The van der Waals surface area contributed by atoms with Crippen molar-refractivity contribution < 1.29 is 14.5 Å². The fourth-order valence-electron chi connectivity index (χ4n) is 4.15. The molecule has 0 aromatic carbocycles. The van der Waals surface area contributed by atoms with Gasteiger partial charge >= 0.3 is 0 Å². The minimum Gasteiger partial charge on any atom is -0.633 e. The van der Waals surface area contributed by atoms with Gasteiger partial charge in [-0.1, -0.05) is 6.42 Å². The second-order valence-electron chi connectivity index (χ2n) is 6.38. The molecule has 0 amide bonds. The van der Waals surface area contributed by atoms with E-state index in [0.29, 0.717) is 13.0 Å². The van der Waals surface area contributed by atoms with Crippen LogP contribution in [-0.2, 0) is 4.74 Å². The molecule has 3 aliphatic rings. The summed E-state index contributed by atoms with van der Waals surface area (Å²) in [6, 6.07) is 0.0465. The van der Waals surface area contributed by atoms with E-state index < -0.39 is 5.60 Å². The maximum Gasteiger partial charge on any atom is 0.110 e. The molecule has 3 fully saturated rings. The van der Waals surface area contributed by atoms with Crippen LogP contribution in [0.3, 0.4) is 0 Å². The van der Waals surface area contributed by atoms with Crippen molar-refractivity contribution in [3.8, 4) is 0 Å². The van der Waals surface area contributed by atoms with Crippen molar-refractivity contribution in [1.29, 1.82) is 0 Å². The van der Waals surface area contributed by atoms with E-state index in [-0.39, 0.29) is 28.8 Å². The molecule has 4 nitrogen and oxygen atoms in total. The Labute approximate surface area is 103 Å². The Kier molecular flexibility index (Phi) is 2.57. The topological polar surface area (TPSA) is 55.8 Å². The zero-order chi connectivity index (χ0) is 12.3. The van der Waals surface area contributed by atoms with E-state index in [1.165, 1.54) is 0 Å². The highest BCUT2D eigenvalue weighted by Gasteiger charge is 2.61. The number of ether oxygens (including phenoxy) is 1. The second-order valence-corrected chi connectivity index (χ2v) is 6.38. The van der Waals surface area contributed by atoms with Crippen LogP contribution in [0, 0.1) is 11.1 Å². The first-order chi connectivity index (χ1) is 7.96. The second kappa shape index (κ2) is 3.67. The molecule has 6 atom stereocenters. The number of hydrogen-bond acceptors (Lipinski definition) is 3. The van der Waals surface area contributed by atoms with Crippen molar-refractivity contribution in [1.82, 2.24) is 0 Å². The first-order valence-corrected chi connectivity index (χ1v) is 6.87. The fourth-order valence-corrected chi connectivity index (χ4v) is 4.15. The SMILES string of the molecule is CC1CC(O)(C2CO2)C2CCCCC2[N+]1(C)[O-]. The van der Waals surface area contributed by atoms with Crippen LogP contribution in [0.25, 0.3) is 0 Å². The standard InChI is InChI=1S/C13H23NO3/c1-9-7-13(15,12-8-17-12)10-5-3-4-6-11(10)14(9,2)16/h9-12,15H,3-8H2,1-2H3. The number of epoxide rings is 1. The Morgan fingerprint density at radius 1 is 1.35 bits per heavy atom. The first kappa shape index (κ1) is 11.9. The summed E-state index contributed by atoms with van der Waals surface area (Å²) in [4.78, 5) is 0. The van der Waals surface area contributed by atoms with E-state index in [1.807, 2.05) is 6.92 Å². The largest absolute Gasteiger partial charge is 0.633 e. The van der Waals surface area contributed by atoms with E-state index in [4.69, 9.17) is 4.74 Å². The molecule has 0 aromatic heterocycles. The third-order valence-electron chi connectivity index (χ3n) is 5.42. The van der Waals surface area contributed by atoms with E-state index in [1.54, 1.807) is 7.05 Å². The Hall–Kier alpha value is -0.160. The van der Waals surface area contributed by atoms with Crippen molar-refractivity contribution in [3.05, 3.63) is 5.21 Å². The Balaban J connectivity index is 1.93. The molecule has 1 aliphatic carbocycles. The number of rotatable bonds is 1. The maximum atomic E-state index is 12.7. The van der Waals surface area contributed by atoms with E-state index in [2.05, 4.69) is 0 Å². The number of hydroxylamine groups is 3. The molecule has 17 heavy (non-hydrogen) atoms. The summed E-state index contributed by atoms with van der Waals surface area (Å²) < 4.78 is 5.19. The molecule has 0 radical (unpaired) electrons. The van der Waals surface area contributed by atoms with Crippen LogP contribution in [0.5, 0.6) is 0 Å². The van der Waals surface area contributed by atoms with Crippen molar-refractivity contribution in [2.24, 2.45) is 5.92 Å². The predicted octanol–water partition coefficient (Wildman–Crippen LogP) is 1.41. The molecule has 3 rings (SSSR count).